The van der Waals surface area contributed by atoms with Crippen molar-refractivity contribution in [2.45, 2.75) is 33.5 Å². The largest absolute Gasteiger partial charge is 0.484 e. The Labute approximate surface area is 172 Å². The van der Waals surface area contributed by atoms with E-state index in [0.29, 0.717) is 11.3 Å². The predicted octanol–water partition coefficient (Wildman–Crippen LogP) is 3.99. The normalized spacial score (nSPS) is 11.0. The number of carbonyl (C=O) groups excluding carboxylic acids is 2. The molecule has 9 heteroatoms. The van der Waals surface area contributed by atoms with Crippen LogP contribution in [-0.4, -0.2) is 31.3 Å². The summed E-state index contributed by atoms with van der Waals surface area (Å²) < 4.78 is 41.3. The summed E-state index contributed by atoms with van der Waals surface area (Å²) in [5, 5.41) is 7.76. The van der Waals surface area contributed by atoms with Crippen LogP contribution in [0.3, 0.4) is 0 Å². The number of anilines is 1. The van der Waals surface area contributed by atoms with Crippen LogP contribution in [0.1, 0.15) is 22.3 Å². The molecule has 2 aromatic rings. The van der Waals surface area contributed by atoms with Gasteiger partial charge >= 0.3 is 12.2 Å². The SMILES string of the molecule is Cc1cc(C)c(NC(=O)CNC(=O)NCc2cccc(OCC(F)(F)F)c2)c(C)c1. The first-order chi connectivity index (χ1) is 14.0. The number of rotatable bonds is 7. The molecular weight excluding hydrogens is 399 g/mol. The molecule has 0 saturated carbocycles. The van der Waals surface area contributed by atoms with E-state index in [1.165, 1.54) is 18.2 Å². The van der Waals surface area contributed by atoms with Gasteiger partial charge in [-0.05, 0) is 49.6 Å². The molecule has 3 N–H and O–H groups in total. The molecule has 6 nitrogen and oxygen atoms in total. The van der Waals surface area contributed by atoms with E-state index >= 15 is 0 Å². The minimum Gasteiger partial charge on any atom is -0.484 e. The molecule has 0 radical (unpaired) electrons. The molecule has 30 heavy (non-hydrogen) atoms. The number of benzene rings is 2. The highest BCUT2D eigenvalue weighted by Gasteiger charge is 2.28. The van der Waals surface area contributed by atoms with Crippen LogP contribution in [0.2, 0.25) is 0 Å². The van der Waals surface area contributed by atoms with Gasteiger partial charge in [0, 0.05) is 12.2 Å². The fourth-order valence-electron chi connectivity index (χ4n) is 2.88. The van der Waals surface area contributed by atoms with Gasteiger partial charge in [0.1, 0.15) is 5.75 Å². The first-order valence-corrected chi connectivity index (χ1v) is 9.21. The maximum Gasteiger partial charge on any atom is 0.422 e. The van der Waals surface area contributed by atoms with Gasteiger partial charge in [-0.2, -0.15) is 13.2 Å². The van der Waals surface area contributed by atoms with Crippen LogP contribution in [0.25, 0.3) is 0 Å². The van der Waals surface area contributed by atoms with Crippen molar-refractivity contribution in [2.75, 3.05) is 18.5 Å². The minimum atomic E-state index is -4.43. The highest BCUT2D eigenvalue weighted by atomic mass is 19.4. The van der Waals surface area contributed by atoms with Crippen molar-refractivity contribution in [1.82, 2.24) is 10.6 Å². The lowest BCUT2D eigenvalue weighted by Gasteiger charge is -2.13. The number of halogens is 3. The van der Waals surface area contributed by atoms with Crippen LogP contribution in [0.4, 0.5) is 23.7 Å². The molecule has 2 aromatic carbocycles. The molecule has 0 atom stereocenters. The summed E-state index contributed by atoms with van der Waals surface area (Å²) in [4.78, 5) is 24.0. The highest BCUT2D eigenvalue weighted by molar-refractivity contribution is 5.95. The van der Waals surface area contributed by atoms with Crippen molar-refractivity contribution in [3.8, 4) is 5.75 Å². The third-order valence-electron chi connectivity index (χ3n) is 4.10. The Morgan fingerprint density at radius 1 is 1.00 bits per heavy atom. The molecule has 0 bridgehead atoms. The zero-order chi connectivity index (χ0) is 22.3. The van der Waals surface area contributed by atoms with Gasteiger partial charge in [0.05, 0.1) is 6.54 Å². The molecule has 0 aromatic heterocycles. The molecule has 0 fully saturated rings. The monoisotopic (exact) mass is 423 g/mol. The average Bonchev–Trinajstić information content (AvgIpc) is 2.65. The molecule has 0 aliphatic heterocycles. The summed E-state index contributed by atoms with van der Waals surface area (Å²) in [5.74, 6) is -0.321. The van der Waals surface area contributed by atoms with E-state index in [1.54, 1.807) is 6.07 Å². The molecule has 0 saturated heterocycles. The fourth-order valence-corrected chi connectivity index (χ4v) is 2.88. The summed E-state index contributed by atoms with van der Waals surface area (Å²) in [6, 6.07) is 9.29. The number of aryl methyl sites for hydroxylation is 3. The van der Waals surface area contributed by atoms with Crippen LogP contribution in [0.15, 0.2) is 36.4 Å². The van der Waals surface area contributed by atoms with Crippen LogP contribution < -0.4 is 20.7 Å². The number of urea groups is 1. The second-order valence-electron chi connectivity index (χ2n) is 6.91. The Hall–Kier alpha value is -3.23. The predicted molar refractivity (Wildman–Crippen MR) is 108 cm³/mol. The molecule has 0 aliphatic rings. The summed E-state index contributed by atoms with van der Waals surface area (Å²) in [6.45, 7) is 4.19. The first-order valence-electron chi connectivity index (χ1n) is 9.21. The smallest absolute Gasteiger partial charge is 0.422 e. The number of hydrogen-bond acceptors (Lipinski definition) is 3. The number of nitrogens with one attached hydrogen (secondary N) is 3. The molecule has 0 aliphatic carbocycles. The maximum absolute atomic E-state index is 12.2. The van der Waals surface area contributed by atoms with Crippen LogP contribution >= 0.6 is 0 Å². The van der Waals surface area contributed by atoms with Gasteiger partial charge in [0.25, 0.3) is 0 Å². The topological polar surface area (TPSA) is 79.5 Å². The summed E-state index contributed by atoms with van der Waals surface area (Å²) in [7, 11) is 0. The minimum absolute atomic E-state index is 0.0512. The number of ether oxygens (including phenoxy) is 1. The van der Waals surface area contributed by atoms with Gasteiger partial charge in [-0.15, -0.1) is 0 Å². The summed E-state index contributed by atoms with van der Waals surface area (Å²) in [6.07, 6.45) is -4.43. The average molecular weight is 423 g/mol. The fraction of sp³-hybridized carbons (Fsp3) is 0.333. The van der Waals surface area contributed by atoms with Gasteiger partial charge in [-0.25, -0.2) is 4.79 Å². The standard InChI is InChI=1S/C21H24F3N3O3/c1-13-7-14(2)19(15(3)8-13)27-18(28)11-26-20(29)25-10-16-5-4-6-17(9-16)30-12-21(22,23)24/h4-9H,10-12H2,1-3H3,(H,27,28)(H2,25,26,29). The zero-order valence-electron chi connectivity index (χ0n) is 16.9. The van der Waals surface area contributed by atoms with Crippen LogP contribution in [-0.2, 0) is 11.3 Å². The summed E-state index contributed by atoms with van der Waals surface area (Å²) in [5.41, 5.74) is 4.22. The van der Waals surface area contributed by atoms with Crippen molar-refractivity contribution in [1.29, 1.82) is 0 Å². The lowest BCUT2D eigenvalue weighted by Crippen LogP contribution is -2.39. The van der Waals surface area contributed by atoms with Gasteiger partial charge < -0.3 is 20.7 Å². The Morgan fingerprint density at radius 2 is 1.67 bits per heavy atom. The lowest BCUT2D eigenvalue weighted by atomic mass is 10.1. The zero-order valence-corrected chi connectivity index (χ0v) is 16.9. The Balaban J connectivity index is 1.79. The van der Waals surface area contributed by atoms with E-state index in [-0.39, 0.29) is 24.7 Å². The maximum atomic E-state index is 12.2. The number of carbonyl (C=O) groups is 2. The Bertz CT molecular complexity index is 891. The van der Waals surface area contributed by atoms with E-state index in [4.69, 9.17) is 0 Å². The molecule has 3 amide bonds. The van der Waals surface area contributed by atoms with Gasteiger partial charge in [0.15, 0.2) is 6.61 Å². The molecule has 0 heterocycles. The second-order valence-corrected chi connectivity index (χ2v) is 6.91. The lowest BCUT2D eigenvalue weighted by molar-refractivity contribution is -0.153. The van der Waals surface area contributed by atoms with Crippen molar-refractivity contribution in [3.63, 3.8) is 0 Å². The Kier molecular flexibility index (Phi) is 7.68. The molecule has 2 rings (SSSR count). The summed E-state index contributed by atoms with van der Waals surface area (Å²) >= 11 is 0. The van der Waals surface area contributed by atoms with Crippen molar-refractivity contribution >= 4 is 17.6 Å². The Morgan fingerprint density at radius 3 is 2.30 bits per heavy atom. The van der Waals surface area contributed by atoms with Gasteiger partial charge in [0.2, 0.25) is 5.91 Å². The highest BCUT2D eigenvalue weighted by Crippen LogP contribution is 2.22. The van der Waals surface area contributed by atoms with Crippen molar-refractivity contribution < 1.29 is 27.5 Å². The number of hydrogen-bond donors (Lipinski definition) is 3. The molecular formula is C21H24F3N3O3. The van der Waals surface area contributed by atoms with E-state index in [0.717, 1.165) is 16.7 Å². The third kappa shape index (κ3) is 7.65. The first kappa shape index (κ1) is 23.1. The van der Waals surface area contributed by atoms with Crippen LogP contribution in [0, 0.1) is 20.8 Å². The second kappa shape index (κ2) is 10.00. The van der Waals surface area contributed by atoms with E-state index < -0.39 is 18.8 Å². The van der Waals surface area contributed by atoms with E-state index in [1.807, 2.05) is 32.9 Å². The van der Waals surface area contributed by atoms with E-state index in [2.05, 4.69) is 20.7 Å². The molecule has 162 valence electrons. The van der Waals surface area contributed by atoms with Crippen molar-refractivity contribution in [3.05, 3.63) is 58.7 Å². The quantitative estimate of drug-likeness (QED) is 0.630. The van der Waals surface area contributed by atoms with Crippen LogP contribution in [0.5, 0.6) is 5.75 Å². The van der Waals surface area contributed by atoms with Gasteiger partial charge in [-0.1, -0.05) is 29.8 Å². The number of amides is 3. The van der Waals surface area contributed by atoms with Crippen molar-refractivity contribution in [2.24, 2.45) is 0 Å². The van der Waals surface area contributed by atoms with Gasteiger partial charge in [-0.3, -0.25) is 4.79 Å². The molecule has 0 unspecified atom stereocenters. The third-order valence-corrected chi connectivity index (χ3v) is 4.10. The van der Waals surface area contributed by atoms with E-state index in [9.17, 15) is 22.8 Å². The molecule has 0 spiro atoms. The number of alkyl halides is 3.